The predicted octanol–water partition coefficient (Wildman–Crippen LogP) is 1.16. The SMILES string of the molecule is CCC1CCN1C(=O)c1cnns1. The molecular weight excluding hydrogens is 186 g/mol. The van der Waals surface area contributed by atoms with Crippen molar-refractivity contribution in [3.8, 4) is 0 Å². The number of amides is 1. The van der Waals surface area contributed by atoms with Crippen molar-refractivity contribution in [2.75, 3.05) is 6.54 Å². The topological polar surface area (TPSA) is 46.1 Å². The number of likely N-dealkylation sites (tertiary alicyclic amines) is 1. The maximum absolute atomic E-state index is 11.7. The molecule has 2 rings (SSSR count). The summed E-state index contributed by atoms with van der Waals surface area (Å²) in [5.74, 6) is 0.0908. The van der Waals surface area contributed by atoms with E-state index in [0.29, 0.717) is 10.9 Å². The molecule has 1 aromatic heterocycles. The number of hydrogen-bond acceptors (Lipinski definition) is 4. The van der Waals surface area contributed by atoms with E-state index in [1.165, 1.54) is 17.7 Å². The minimum atomic E-state index is 0.0908. The van der Waals surface area contributed by atoms with Gasteiger partial charge in [-0.15, -0.1) is 5.10 Å². The third kappa shape index (κ3) is 1.44. The second-order valence-electron chi connectivity index (χ2n) is 3.13. The molecule has 1 aliphatic heterocycles. The van der Waals surface area contributed by atoms with Crippen molar-refractivity contribution in [3.63, 3.8) is 0 Å². The molecule has 0 N–H and O–H groups in total. The lowest BCUT2D eigenvalue weighted by atomic mass is 10.0. The third-order valence-electron chi connectivity index (χ3n) is 2.45. The molecule has 1 saturated heterocycles. The largest absolute Gasteiger partial charge is 0.335 e. The molecule has 4 nitrogen and oxygen atoms in total. The minimum absolute atomic E-state index is 0.0908. The molecule has 5 heteroatoms. The molecule has 1 aliphatic rings. The Kier molecular flexibility index (Phi) is 2.26. The Morgan fingerprint density at radius 3 is 3.15 bits per heavy atom. The molecule has 0 radical (unpaired) electrons. The van der Waals surface area contributed by atoms with Gasteiger partial charge >= 0.3 is 0 Å². The van der Waals surface area contributed by atoms with Gasteiger partial charge in [-0.2, -0.15) is 0 Å². The number of carbonyl (C=O) groups excluding carboxylic acids is 1. The van der Waals surface area contributed by atoms with E-state index in [-0.39, 0.29) is 5.91 Å². The van der Waals surface area contributed by atoms with Gasteiger partial charge in [-0.3, -0.25) is 4.79 Å². The van der Waals surface area contributed by atoms with Gasteiger partial charge in [0.2, 0.25) is 0 Å². The van der Waals surface area contributed by atoms with Gasteiger partial charge < -0.3 is 4.90 Å². The summed E-state index contributed by atoms with van der Waals surface area (Å²) in [7, 11) is 0. The van der Waals surface area contributed by atoms with E-state index in [1.54, 1.807) is 0 Å². The number of nitrogens with zero attached hydrogens (tertiary/aromatic N) is 3. The third-order valence-corrected chi connectivity index (χ3v) is 3.10. The van der Waals surface area contributed by atoms with Gasteiger partial charge in [0.1, 0.15) is 4.88 Å². The second kappa shape index (κ2) is 3.41. The van der Waals surface area contributed by atoms with Crippen LogP contribution in [0.15, 0.2) is 6.20 Å². The normalized spacial score (nSPS) is 21.3. The molecule has 13 heavy (non-hydrogen) atoms. The number of hydrogen-bond donors (Lipinski definition) is 0. The van der Waals surface area contributed by atoms with Crippen LogP contribution in [0.2, 0.25) is 0 Å². The molecule has 1 fully saturated rings. The van der Waals surface area contributed by atoms with Crippen molar-refractivity contribution in [2.45, 2.75) is 25.8 Å². The Labute approximate surface area is 80.7 Å². The second-order valence-corrected chi connectivity index (χ2v) is 3.92. The first-order valence-corrected chi connectivity index (χ1v) is 5.18. The molecule has 1 aromatic rings. The fraction of sp³-hybridized carbons (Fsp3) is 0.625. The number of aromatic nitrogens is 2. The summed E-state index contributed by atoms with van der Waals surface area (Å²) < 4.78 is 3.68. The van der Waals surface area contributed by atoms with Gasteiger partial charge in [-0.1, -0.05) is 11.4 Å². The van der Waals surface area contributed by atoms with E-state index < -0.39 is 0 Å². The van der Waals surface area contributed by atoms with Crippen LogP contribution in [0.1, 0.15) is 29.4 Å². The van der Waals surface area contributed by atoms with E-state index in [4.69, 9.17) is 0 Å². The summed E-state index contributed by atoms with van der Waals surface area (Å²) in [5.41, 5.74) is 0. The molecule has 0 aliphatic carbocycles. The van der Waals surface area contributed by atoms with Crippen molar-refractivity contribution in [2.24, 2.45) is 0 Å². The monoisotopic (exact) mass is 197 g/mol. The van der Waals surface area contributed by atoms with Crippen LogP contribution in [-0.4, -0.2) is 33.0 Å². The number of rotatable bonds is 2. The molecular formula is C8H11N3OS. The number of carbonyl (C=O) groups is 1. The molecule has 1 amide bonds. The first-order chi connectivity index (χ1) is 6.33. The minimum Gasteiger partial charge on any atom is -0.335 e. The smallest absolute Gasteiger partial charge is 0.267 e. The van der Waals surface area contributed by atoms with Crippen LogP contribution in [0.5, 0.6) is 0 Å². The zero-order valence-electron chi connectivity index (χ0n) is 7.43. The van der Waals surface area contributed by atoms with E-state index >= 15 is 0 Å². The lowest BCUT2D eigenvalue weighted by Crippen LogP contribution is -2.50. The predicted molar refractivity (Wildman–Crippen MR) is 49.6 cm³/mol. The summed E-state index contributed by atoms with van der Waals surface area (Å²) in [6, 6.07) is 0.439. The van der Waals surface area contributed by atoms with Crippen LogP contribution in [0.25, 0.3) is 0 Å². The average Bonchev–Trinajstić information content (AvgIpc) is 2.54. The standard InChI is InChI=1S/C8H11N3OS/c1-2-6-3-4-11(6)8(12)7-5-9-10-13-7/h5-6H,2-4H2,1H3. The summed E-state index contributed by atoms with van der Waals surface area (Å²) >= 11 is 1.17. The van der Waals surface area contributed by atoms with Gasteiger partial charge in [0.25, 0.3) is 5.91 Å². The van der Waals surface area contributed by atoms with E-state index in [2.05, 4.69) is 16.5 Å². The molecule has 0 aromatic carbocycles. The highest BCUT2D eigenvalue weighted by Gasteiger charge is 2.31. The summed E-state index contributed by atoms with van der Waals surface area (Å²) in [4.78, 5) is 14.3. The van der Waals surface area contributed by atoms with Gasteiger partial charge in [-0.05, 0) is 24.4 Å². The maximum atomic E-state index is 11.7. The molecule has 1 unspecified atom stereocenters. The molecule has 0 saturated carbocycles. The maximum Gasteiger partial charge on any atom is 0.267 e. The lowest BCUT2D eigenvalue weighted by molar-refractivity contribution is 0.0460. The fourth-order valence-corrected chi connectivity index (χ4v) is 2.01. The summed E-state index contributed by atoms with van der Waals surface area (Å²) in [6.45, 7) is 2.99. The Morgan fingerprint density at radius 1 is 1.85 bits per heavy atom. The van der Waals surface area contributed by atoms with Crippen LogP contribution >= 0.6 is 11.5 Å². The van der Waals surface area contributed by atoms with Crippen molar-refractivity contribution >= 4 is 17.4 Å². The van der Waals surface area contributed by atoms with Gasteiger partial charge in [0, 0.05) is 12.6 Å². The molecule has 2 heterocycles. The highest BCUT2D eigenvalue weighted by Crippen LogP contribution is 2.23. The van der Waals surface area contributed by atoms with Crippen LogP contribution in [-0.2, 0) is 0 Å². The van der Waals surface area contributed by atoms with E-state index in [0.717, 1.165) is 19.4 Å². The fourth-order valence-electron chi connectivity index (χ4n) is 1.54. The average molecular weight is 197 g/mol. The van der Waals surface area contributed by atoms with Gasteiger partial charge in [-0.25, -0.2) is 0 Å². The van der Waals surface area contributed by atoms with Crippen LogP contribution in [0.4, 0.5) is 0 Å². The molecule has 70 valence electrons. The quantitative estimate of drug-likeness (QED) is 0.714. The highest BCUT2D eigenvalue weighted by atomic mass is 32.1. The molecule has 0 bridgehead atoms. The first kappa shape index (κ1) is 8.62. The molecule has 0 spiro atoms. The highest BCUT2D eigenvalue weighted by molar-refractivity contribution is 7.07. The van der Waals surface area contributed by atoms with Crippen molar-refractivity contribution in [1.82, 2.24) is 14.5 Å². The Morgan fingerprint density at radius 2 is 2.69 bits per heavy atom. The van der Waals surface area contributed by atoms with Crippen LogP contribution in [0, 0.1) is 0 Å². The zero-order valence-corrected chi connectivity index (χ0v) is 8.25. The van der Waals surface area contributed by atoms with Crippen molar-refractivity contribution in [3.05, 3.63) is 11.1 Å². The Bertz CT molecular complexity index is 296. The van der Waals surface area contributed by atoms with Crippen molar-refractivity contribution < 1.29 is 4.79 Å². The Balaban J connectivity index is 2.06. The first-order valence-electron chi connectivity index (χ1n) is 4.41. The lowest BCUT2D eigenvalue weighted by Gasteiger charge is -2.40. The van der Waals surface area contributed by atoms with E-state index in [1.807, 2.05) is 4.90 Å². The van der Waals surface area contributed by atoms with Crippen LogP contribution < -0.4 is 0 Å². The van der Waals surface area contributed by atoms with Crippen molar-refractivity contribution in [1.29, 1.82) is 0 Å². The Hall–Kier alpha value is -0.970. The van der Waals surface area contributed by atoms with Gasteiger partial charge in [0.05, 0.1) is 6.20 Å². The van der Waals surface area contributed by atoms with E-state index in [9.17, 15) is 4.79 Å². The summed E-state index contributed by atoms with van der Waals surface area (Å²) in [5, 5.41) is 3.66. The summed E-state index contributed by atoms with van der Waals surface area (Å²) in [6.07, 6.45) is 3.71. The van der Waals surface area contributed by atoms with Crippen LogP contribution in [0.3, 0.4) is 0 Å². The van der Waals surface area contributed by atoms with Gasteiger partial charge in [0.15, 0.2) is 0 Å². The zero-order chi connectivity index (χ0) is 9.26. The molecule has 1 atom stereocenters.